The Morgan fingerprint density at radius 3 is 2.61 bits per heavy atom. The third kappa shape index (κ3) is 3.17. The van der Waals surface area contributed by atoms with Crippen LogP contribution < -0.4 is 0 Å². The fourth-order valence-corrected chi connectivity index (χ4v) is 3.79. The van der Waals surface area contributed by atoms with Crippen molar-refractivity contribution in [3.63, 3.8) is 0 Å². The fraction of sp³-hybridized carbons (Fsp3) is 0.381. The quantitative estimate of drug-likeness (QED) is 0.583. The van der Waals surface area contributed by atoms with E-state index in [0.717, 1.165) is 48.8 Å². The molecule has 2 heteroatoms. The number of carbonyl (C=O) groups is 1. The van der Waals surface area contributed by atoms with Crippen molar-refractivity contribution in [2.45, 2.75) is 51.0 Å². The van der Waals surface area contributed by atoms with Gasteiger partial charge in [0, 0.05) is 11.1 Å². The maximum absolute atomic E-state index is 12.1. The summed E-state index contributed by atoms with van der Waals surface area (Å²) in [6.45, 7) is 6.10. The standard InChI is InChI=1S/C21H24O2/c1-16(10-9-13-18-11-5-3-6-12-18)19-17(2)20(22)23-21(19)14-7-4-8-15-21/h3,5-6,9-12H,1,4,7-8,13-15H2,2H3/b10-9+. The third-order valence-corrected chi connectivity index (χ3v) is 4.92. The Bertz CT molecular complexity index is 658. The summed E-state index contributed by atoms with van der Waals surface area (Å²) in [5.74, 6) is -0.167. The Morgan fingerprint density at radius 1 is 1.22 bits per heavy atom. The zero-order valence-electron chi connectivity index (χ0n) is 13.8. The molecule has 1 aliphatic carbocycles. The highest BCUT2D eigenvalue weighted by atomic mass is 16.6. The first-order valence-electron chi connectivity index (χ1n) is 8.47. The van der Waals surface area contributed by atoms with Crippen LogP contribution in [0.3, 0.4) is 0 Å². The number of ether oxygens (including phenoxy) is 1. The van der Waals surface area contributed by atoms with Gasteiger partial charge < -0.3 is 4.74 Å². The number of benzene rings is 1. The average molecular weight is 308 g/mol. The Hall–Kier alpha value is -2.09. The third-order valence-electron chi connectivity index (χ3n) is 4.92. The number of allylic oxidation sites excluding steroid dienone is 2. The zero-order chi connectivity index (χ0) is 16.3. The first kappa shape index (κ1) is 15.8. The van der Waals surface area contributed by atoms with Gasteiger partial charge in [0.05, 0.1) is 0 Å². The highest BCUT2D eigenvalue weighted by Gasteiger charge is 2.46. The van der Waals surface area contributed by atoms with Crippen LogP contribution in [-0.4, -0.2) is 11.6 Å². The Kier molecular flexibility index (Phi) is 4.51. The lowest BCUT2D eigenvalue weighted by atomic mass is 9.76. The van der Waals surface area contributed by atoms with Gasteiger partial charge in [-0.1, -0.05) is 55.5 Å². The second-order valence-corrected chi connectivity index (χ2v) is 6.56. The molecule has 0 saturated heterocycles. The predicted octanol–water partition coefficient (Wildman–Crippen LogP) is 4.92. The van der Waals surface area contributed by atoms with Crippen LogP contribution in [0.4, 0.5) is 0 Å². The topological polar surface area (TPSA) is 26.3 Å². The van der Waals surface area contributed by atoms with Crippen LogP contribution in [0, 0.1) is 0 Å². The molecule has 0 atom stereocenters. The van der Waals surface area contributed by atoms with E-state index < -0.39 is 5.60 Å². The molecule has 0 radical (unpaired) electrons. The molecule has 1 spiro atoms. The Balaban J connectivity index is 1.77. The largest absolute Gasteiger partial charge is 0.451 e. The Morgan fingerprint density at radius 2 is 1.91 bits per heavy atom. The van der Waals surface area contributed by atoms with Gasteiger partial charge in [-0.25, -0.2) is 4.79 Å². The lowest BCUT2D eigenvalue weighted by Gasteiger charge is -2.35. The second-order valence-electron chi connectivity index (χ2n) is 6.56. The van der Waals surface area contributed by atoms with Gasteiger partial charge in [-0.2, -0.15) is 0 Å². The summed E-state index contributed by atoms with van der Waals surface area (Å²) < 4.78 is 5.79. The lowest BCUT2D eigenvalue weighted by Crippen LogP contribution is -2.35. The molecule has 0 bridgehead atoms. The van der Waals surface area contributed by atoms with E-state index in [2.05, 4.69) is 24.8 Å². The normalized spacial score (nSPS) is 20.3. The van der Waals surface area contributed by atoms with E-state index in [1.165, 1.54) is 12.0 Å². The summed E-state index contributed by atoms with van der Waals surface area (Å²) in [6, 6.07) is 10.3. The van der Waals surface area contributed by atoms with E-state index in [1.807, 2.05) is 31.2 Å². The zero-order valence-corrected chi connectivity index (χ0v) is 13.8. The molecular formula is C21H24O2. The van der Waals surface area contributed by atoms with E-state index in [0.29, 0.717) is 0 Å². The minimum Gasteiger partial charge on any atom is -0.451 e. The molecule has 1 aromatic carbocycles. The summed E-state index contributed by atoms with van der Waals surface area (Å²) in [5.41, 5.74) is 3.56. The van der Waals surface area contributed by atoms with E-state index in [4.69, 9.17) is 4.74 Å². The van der Waals surface area contributed by atoms with E-state index >= 15 is 0 Å². The van der Waals surface area contributed by atoms with Crippen LogP contribution in [0.1, 0.15) is 44.6 Å². The lowest BCUT2D eigenvalue weighted by molar-refractivity contribution is -0.149. The predicted molar refractivity (Wildman–Crippen MR) is 93.0 cm³/mol. The molecular weight excluding hydrogens is 284 g/mol. The minimum atomic E-state index is -0.409. The molecule has 0 amide bonds. The van der Waals surface area contributed by atoms with Crippen molar-refractivity contribution < 1.29 is 9.53 Å². The molecule has 0 unspecified atom stereocenters. The minimum absolute atomic E-state index is 0.167. The SMILES string of the molecule is C=C(/C=C/Cc1ccccc1)C1=C(C)C(=O)OC12CCCCC2. The van der Waals surface area contributed by atoms with Crippen LogP contribution in [0.15, 0.2) is 65.8 Å². The maximum Gasteiger partial charge on any atom is 0.335 e. The molecule has 2 aliphatic rings. The van der Waals surface area contributed by atoms with Gasteiger partial charge >= 0.3 is 5.97 Å². The first-order valence-corrected chi connectivity index (χ1v) is 8.47. The van der Waals surface area contributed by atoms with Gasteiger partial charge in [-0.15, -0.1) is 0 Å². The van der Waals surface area contributed by atoms with Crippen LogP contribution in [0.5, 0.6) is 0 Å². The summed E-state index contributed by atoms with van der Waals surface area (Å²) in [6.07, 6.45) is 10.3. The molecule has 1 saturated carbocycles. The van der Waals surface area contributed by atoms with Crippen LogP contribution in [-0.2, 0) is 16.0 Å². The van der Waals surface area contributed by atoms with Gasteiger partial charge in [-0.3, -0.25) is 0 Å². The molecule has 3 rings (SSSR count). The first-order chi connectivity index (χ1) is 11.1. The Labute approximate surface area is 138 Å². The monoisotopic (exact) mass is 308 g/mol. The molecule has 2 nitrogen and oxygen atoms in total. The molecule has 0 N–H and O–H groups in total. The van der Waals surface area contributed by atoms with Crippen LogP contribution in [0.25, 0.3) is 0 Å². The molecule has 1 aliphatic heterocycles. The summed E-state index contributed by atoms with van der Waals surface area (Å²) >= 11 is 0. The van der Waals surface area contributed by atoms with Crippen molar-refractivity contribution in [1.29, 1.82) is 0 Å². The van der Waals surface area contributed by atoms with E-state index in [-0.39, 0.29) is 5.97 Å². The fourth-order valence-electron chi connectivity index (χ4n) is 3.79. The molecule has 120 valence electrons. The molecule has 1 aromatic rings. The van der Waals surface area contributed by atoms with E-state index in [1.54, 1.807) is 0 Å². The molecule has 1 fully saturated rings. The average Bonchev–Trinajstić information content (AvgIpc) is 2.79. The highest BCUT2D eigenvalue weighted by molar-refractivity contribution is 5.94. The highest BCUT2D eigenvalue weighted by Crippen LogP contribution is 2.46. The van der Waals surface area contributed by atoms with Crippen molar-refractivity contribution in [2.75, 3.05) is 0 Å². The van der Waals surface area contributed by atoms with Gasteiger partial charge in [-0.05, 0) is 50.2 Å². The van der Waals surface area contributed by atoms with Crippen molar-refractivity contribution in [1.82, 2.24) is 0 Å². The molecule has 1 heterocycles. The van der Waals surface area contributed by atoms with Crippen molar-refractivity contribution >= 4 is 5.97 Å². The number of hydrogen-bond donors (Lipinski definition) is 0. The van der Waals surface area contributed by atoms with Crippen molar-refractivity contribution in [2.24, 2.45) is 0 Å². The van der Waals surface area contributed by atoms with Crippen molar-refractivity contribution in [3.8, 4) is 0 Å². The van der Waals surface area contributed by atoms with Gasteiger partial charge in [0.15, 0.2) is 0 Å². The number of hydrogen-bond acceptors (Lipinski definition) is 2. The number of esters is 1. The molecule has 23 heavy (non-hydrogen) atoms. The second kappa shape index (κ2) is 6.57. The smallest absolute Gasteiger partial charge is 0.335 e. The summed E-state index contributed by atoms with van der Waals surface area (Å²) in [4.78, 5) is 12.1. The van der Waals surface area contributed by atoms with Crippen LogP contribution in [0.2, 0.25) is 0 Å². The molecule has 0 aromatic heterocycles. The maximum atomic E-state index is 12.1. The van der Waals surface area contributed by atoms with Crippen molar-refractivity contribution in [3.05, 3.63) is 71.3 Å². The van der Waals surface area contributed by atoms with Gasteiger partial charge in [0.1, 0.15) is 5.60 Å². The van der Waals surface area contributed by atoms with Gasteiger partial charge in [0.2, 0.25) is 0 Å². The number of carbonyl (C=O) groups excluding carboxylic acids is 1. The number of rotatable bonds is 4. The summed E-state index contributed by atoms with van der Waals surface area (Å²) in [5, 5.41) is 0. The summed E-state index contributed by atoms with van der Waals surface area (Å²) in [7, 11) is 0. The van der Waals surface area contributed by atoms with E-state index in [9.17, 15) is 4.79 Å². The van der Waals surface area contributed by atoms with Gasteiger partial charge in [0.25, 0.3) is 0 Å². The van der Waals surface area contributed by atoms with Crippen LogP contribution >= 0.6 is 0 Å².